The Bertz CT molecular complexity index is 352. The van der Waals surface area contributed by atoms with Gasteiger partial charge in [-0.3, -0.25) is 4.79 Å². The molecule has 1 aromatic heterocycles. The number of nitrogens with one attached hydrogen (secondary N) is 1. The monoisotopic (exact) mass is 221 g/mol. The number of hydrogen-bond donors (Lipinski definition) is 2. The second kappa shape index (κ2) is 6.23. The molecule has 0 radical (unpaired) electrons. The summed E-state index contributed by atoms with van der Waals surface area (Å²) in [5, 5.41) is 2.79. The van der Waals surface area contributed by atoms with E-state index in [9.17, 15) is 4.79 Å². The largest absolute Gasteiger partial charge is 0.330 e. The molecule has 1 aromatic rings. The number of anilines is 1. The minimum absolute atomic E-state index is 0.0394. The van der Waals surface area contributed by atoms with E-state index >= 15 is 0 Å². The molecule has 0 aromatic carbocycles. The summed E-state index contributed by atoms with van der Waals surface area (Å²) in [6.45, 7) is 4.39. The summed E-state index contributed by atoms with van der Waals surface area (Å²) in [5.41, 5.74) is 6.64. The highest BCUT2D eigenvalue weighted by Crippen LogP contribution is 2.10. The number of aromatic nitrogens is 1. The maximum Gasteiger partial charge on any atom is 0.229 e. The number of rotatable bonds is 5. The van der Waals surface area contributed by atoms with Crippen LogP contribution in [0.4, 0.5) is 5.82 Å². The summed E-state index contributed by atoms with van der Waals surface area (Å²) in [6.07, 6.45) is 3.45. The third-order valence-corrected chi connectivity index (χ3v) is 2.46. The maximum absolute atomic E-state index is 11.8. The molecule has 16 heavy (non-hydrogen) atoms. The van der Waals surface area contributed by atoms with E-state index in [1.54, 1.807) is 6.20 Å². The average Bonchev–Trinajstić information content (AvgIpc) is 2.25. The van der Waals surface area contributed by atoms with E-state index in [2.05, 4.69) is 10.3 Å². The molecule has 1 atom stereocenters. The molecule has 0 aliphatic rings. The number of pyridine rings is 1. The van der Waals surface area contributed by atoms with Crippen molar-refractivity contribution in [3.63, 3.8) is 0 Å². The van der Waals surface area contributed by atoms with Crippen LogP contribution in [0.1, 0.15) is 25.3 Å². The molecule has 0 bridgehead atoms. The van der Waals surface area contributed by atoms with Gasteiger partial charge >= 0.3 is 0 Å². The van der Waals surface area contributed by atoms with Gasteiger partial charge in [-0.1, -0.05) is 13.3 Å². The predicted molar refractivity (Wildman–Crippen MR) is 65.1 cm³/mol. The first-order chi connectivity index (χ1) is 7.67. The molecule has 0 saturated carbocycles. The van der Waals surface area contributed by atoms with Gasteiger partial charge in [0, 0.05) is 12.7 Å². The van der Waals surface area contributed by atoms with Gasteiger partial charge in [0.1, 0.15) is 5.82 Å². The molecule has 1 heterocycles. The molecule has 1 unspecified atom stereocenters. The van der Waals surface area contributed by atoms with Crippen LogP contribution in [0, 0.1) is 12.8 Å². The van der Waals surface area contributed by atoms with Gasteiger partial charge in [-0.25, -0.2) is 4.98 Å². The van der Waals surface area contributed by atoms with Crippen LogP contribution in [-0.4, -0.2) is 17.4 Å². The van der Waals surface area contributed by atoms with Crippen molar-refractivity contribution in [2.75, 3.05) is 11.9 Å². The zero-order valence-corrected chi connectivity index (χ0v) is 9.86. The van der Waals surface area contributed by atoms with Crippen molar-refractivity contribution in [3.8, 4) is 0 Å². The quantitative estimate of drug-likeness (QED) is 0.795. The lowest BCUT2D eigenvalue weighted by atomic mass is 10.0. The lowest BCUT2D eigenvalue weighted by molar-refractivity contribution is -0.119. The van der Waals surface area contributed by atoms with E-state index in [1.165, 1.54) is 0 Å². The molecule has 0 fully saturated rings. The molecule has 88 valence electrons. The summed E-state index contributed by atoms with van der Waals surface area (Å²) >= 11 is 0. The standard InChI is InChI=1S/C12H19N3O/c1-3-4-10(8-13)12(16)15-11-7-9(2)5-6-14-11/h5-7,10H,3-4,8,13H2,1-2H3,(H,14,15,16). The Kier molecular flexibility index (Phi) is 4.92. The third kappa shape index (κ3) is 3.62. The van der Waals surface area contributed by atoms with Crippen molar-refractivity contribution in [2.24, 2.45) is 11.7 Å². The molecule has 0 aliphatic heterocycles. The van der Waals surface area contributed by atoms with E-state index < -0.39 is 0 Å². The Balaban J connectivity index is 2.62. The summed E-state index contributed by atoms with van der Waals surface area (Å²) in [7, 11) is 0. The van der Waals surface area contributed by atoms with Gasteiger partial charge < -0.3 is 11.1 Å². The first-order valence-corrected chi connectivity index (χ1v) is 5.61. The zero-order valence-electron chi connectivity index (χ0n) is 9.86. The SMILES string of the molecule is CCCC(CN)C(=O)Nc1cc(C)ccn1. The van der Waals surface area contributed by atoms with Gasteiger partial charge in [0.05, 0.1) is 5.92 Å². The van der Waals surface area contributed by atoms with Crippen LogP contribution in [0.25, 0.3) is 0 Å². The number of nitrogens with zero attached hydrogens (tertiary/aromatic N) is 1. The molecular weight excluding hydrogens is 202 g/mol. The third-order valence-electron chi connectivity index (χ3n) is 2.46. The fourth-order valence-corrected chi connectivity index (χ4v) is 1.54. The van der Waals surface area contributed by atoms with Gasteiger partial charge in [-0.15, -0.1) is 0 Å². The van der Waals surface area contributed by atoms with Crippen molar-refractivity contribution >= 4 is 11.7 Å². The predicted octanol–water partition coefficient (Wildman–Crippen LogP) is 1.70. The van der Waals surface area contributed by atoms with Gasteiger partial charge in [-0.2, -0.15) is 0 Å². The lowest BCUT2D eigenvalue weighted by Gasteiger charge is -2.13. The van der Waals surface area contributed by atoms with Crippen LogP contribution in [0.15, 0.2) is 18.3 Å². The fraction of sp³-hybridized carbons (Fsp3) is 0.500. The van der Waals surface area contributed by atoms with Crippen LogP contribution in [0.5, 0.6) is 0 Å². The normalized spacial score (nSPS) is 12.2. The number of aryl methyl sites for hydroxylation is 1. The highest BCUT2D eigenvalue weighted by molar-refractivity contribution is 5.91. The van der Waals surface area contributed by atoms with Crippen LogP contribution >= 0.6 is 0 Å². The van der Waals surface area contributed by atoms with Gasteiger partial charge in [-0.05, 0) is 31.0 Å². The average molecular weight is 221 g/mol. The van der Waals surface area contributed by atoms with Crippen molar-refractivity contribution in [1.29, 1.82) is 0 Å². The Morgan fingerprint density at radius 1 is 1.62 bits per heavy atom. The van der Waals surface area contributed by atoms with E-state index in [1.807, 2.05) is 26.0 Å². The number of carbonyl (C=O) groups excluding carboxylic acids is 1. The first kappa shape index (κ1) is 12.6. The number of nitrogens with two attached hydrogens (primary N) is 1. The molecule has 1 amide bonds. The minimum atomic E-state index is -0.118. The Labute approximate surface area is 96.3 Å². The first-order valence-electron chi connectivity index (χ1n) is 5.61. The second-order valence-electron chi connectivity index (χ2n) is 3.93. The maximum atomic E-state index is 11.8. The molecule has 0 saturated heterocycles. The number of hydrogen-bond acceptors (Lipinski definition) is 3. The highest BCUT2D eigenvalue weighted by Gasteiger charge is 2.15. The van der Waals surface area contributed by atoms with Crippen molar-refractivity contribution in [3.05, 3.63) is 23.9 Å². The topological polar surface area (TPSA) is 68.0 Å². The molecule has 0 aliphatic carbocycles. The van der Waals surface area contributed by atoms with Crippen LogP contribution in [0.2, 0.25) is 0 Å². The summed E-state index contributed by atoms with van der Waals surface area (Å²) in [4.78, 5) is 15.9. The van der Waals surface area contributed by atoms with Crippen molar-refractivity contribution in [2.45, 2.75) is 26.7 Å². The summed E-state index contributed by atoms with van der Waals surface area (Å²) in [5.74, 6) is 0.439. The Hall–Kier alpha value is -1.42. The molecule has 4 heteroatoms. The Morgan fingerprint density at radius 2 is 2.38 bits per heavy atom. The van der Waals surface area contributed by atoms with Crippen molar-refractivity contribution in [1.82, 2.24) is 4.98 Å². The van der Waals surface area contributed by atoms with E-state index in [-0.39, 0.29) is 11.8 Å². The van der Waals surface area contributed by atoms with E-state index in [0.717, 1.165) is 18.4 Å². The molecular formula is C12H19N3O. The minimum Gasteiger partial charge on any atom is -0.330 e. The number of carbonyl (C=O) groups is 1. The lowest BCUT2D eigenvalue weighted by Crippen LogP contribution is -2.29. The second-order valence-corrected chi connectivity index (χ2v) is 3.93. The van der Waals surface area contributed by atoms with E-state index in [0.29, 0.717) is 12.4 Å². The fourth-order valence-electron chi connectivity index (χ4n) is 1.54. The molecule has 3 N–H and O–H groups in total. The highest BCUT2D eigenvalue weighted by atomic mass is 16.1. The van der Waals surface area contributed by atoms with Crippen LogP contribution in [-0.2, 0) is 4.79 Å². The Morgan fingerprint density at radius 3 is 2.94 bits per heavy atom. The molecule has 0 spiro atoms. The molecule has 1 rings (SSSR count). The van der Waals surface area contributed by atoms with Gasteiger partial charge in [0.15, 0.2) is 0 Å². The molecule has 4 nitrogen and oxygen atoms in total. The van der Waals surface area contributed by atoms with Crippen LogP contribution < -0.4 is 11.1 Å². The van der Waals surface area contributed by atoms with Gasteiger partial charge in [0.25, 0.3) is 0 Å². The van der Waals surface area contributed by atoms with Crippen LogP contribution in [0.3, 0.4) is 0 Å². The number of amides is 1. The van der Waals surface area contributed by atoms with E-state index in [4.69, 9.17) is 5.73 Å². The van der Waals surface area contributed by atoms with Gasteiger partial charge in [0.2, 0.25) is 5.91 Å². The van der Waals surface area contributed by atoms with Crippen molar-refractivity contribution < 1.29 is 4.79 Å². The smallest absolute Gasteiger partial charge is 0.229 e. The zero-order chi connectivity index (χ0) is 12.0. The summed E-state index contributed by atoms with van der Waals surface area (Å²) in [6, 6.07) is 3.74. The summed E-state index contributed by atoms with van der Waals surface area (Å²) < 4.78 is 0.